The molecule has 94 valence electrons. The van der Waals surface area contributed by atoms with E-state index in [9.17, 15) is 0 Å². The van der Waals surface area contributed by atoms with Crippen molar-refractivity contribution in [1.29, 1.82) is 0 Å². The first kappa shape index (κ1) is 12.2. The summed E-state index contributed by atoms with van der Waals surface area (Å²) in [4.78, 5) is 0. The van der Waals surface area contributed by atoms with E-state index in [2.05, 4.69) is 0 Å². The first-order chi connectivity index (χ1) is 8.22. The number of hydrogen-bond acceptors (Lipinski definition) is 4. The molecule has 1 heterocycles. The van der Waals surface area contributed by atoms with Crippen LogP contribution in [-0.2, 0) is 9.47 Å². The number of benzene rings is 1. The molecule has 0 atom stereocenters. The first-order valence-electron chi connectivity index (χ1n) is 5.77. The van der Waals surface area contributed by atoms with Crippen LogP contribution in [0.3, 0.4) is 0 Å². The van der Waals surface area contributed by atoms with Gasteiger partial charge in [0.15, 0.2) is 5.79 Å². The maximum atomic E-state index is 5.62. The summed E-state index contributed by atoms with van der Waals surface area (Å²) in [5.74, 6) is 1.17. The molecule has 17 heavy (non-hydrogen) atoms. The average molecular weight is 238 g/mol. The second kappa shape index (κ2) is 5.38. The SMILES string of the molecule is COc1ccc(OCCC2(C)OCCO2)cc1. The van der Waals surface area contributed by atoms with Crippen molar-refractivity contribution in [3.63, 3.8) is 0 Å². The molecule has 0 unspecified atom stereocenters. The Bertz CT molecular complexity index is 341. The molecule has 0 N–H and O–H groups in total. The Hall–Kier alpha value is -1.26. The van der Waals surface area contributed by atoms with Gasteiger partial charge in [0.25, 0.3) is 0 Å². The van der Waals surface area contributed by atoms with E-state index in [0.717, 1.165) is 17.9 Å². The van der Waals surface area contributed by atoms with E-state index >= 15 is 0 Å². The van der Waals surface area contributed by atoms with Gasteiger partial charge in [0.05, 0.1) is 26.9 Å². The highest BCUT2D eigenvalue weighted by Gasteiger charge is 2.30. The fraction of sp³-hybridized carbons (Fsp3) is 0.538. The van der Waals surface area contributed by atoms with Gasteiger partial charge in [-0.2, -0.15) is 0 Å². The van der Waals surface area contributed by atoms with Gasteiger partial charge in [-0.05, 0) is 31.2 Å². The molecule has 0 spiro atoms. The zero-order valence-corrected chi connectivity index (χ0v) is 10.3. The second-order valence-corrected chi connectivity index (χ2v) is 4.10. The molecular weight excluding hydrogens is 220 g/mol. The maximum Gasteiger partial charge on any atom is 0.168 e. The van der Waals surface area contributed by atoms with Crippen LogP contribution in [0.2, 0.25) is 0 Å². The Morgan fingerprint density at radius 3 is 2.29 bits per heavy atom. The largest absolute Gasteiger partial charge is 0.497 e. The average Bonchev–Trinajstić information content (AvgIpc) is 2.77. The van der Waals surface area contributed by atoms with Crippen LogP contribution in [0, 0.1) is 0 Å². The van der Waals surface area contributed by atoms with Crippen LogP contribution in [0.4, 0.5) is 0 Å². The van der Waals surface area contributed by atoms with Gasteiger partial charge >= 0.3 is 0 Å². The summed E-state index contributed by atoms with van der Waals surface area (Å²) in [6, 6.07) is 7.52. The van der Waals surface area contributed by atoms with Crippen molar-refractivity contribution < 1.29 is 18.9 Å². The van der Waals surface area contributed by atoms with E-state index in [1.807, 2.05) is 31.2 Å². The molecule has 1 aliphatic heterocycles. The molecule has 4 heteroatoms. The van der Waals surface area contributed by atoms with Gasteiger partial charge in [-0.25, -0.2) is 0 Å². The van der Waals surface area contributed by atoms with Crippen molar-refractivity contribution in [1.82, 2.24) is 0 Å². The third-order valence-corrected chi connectivity index (χ3v) is 2.78. The van der Waals surface area contributed by atoms with Crippen LogP contribution in [-0.4, -0.2) is 32.7 Å². The quantitative estimate of drug-likeness (QED) is 0.788. The lowest BCUT2D eigenvalue weighted by molar-refractivity contribution is -0.150. The molecule has 0 saturated carbocycles. The van der Waals surface area contributed by atoms with E-state index in [0.29, 0.717) is 19.8 Å². The zero-order valence-electron chi connectivity index (χ0n) is 10.3. The summed E-state index contributed by atoms with van der Waals surface area (Å²) >= 11 is 0. The lowest BCUT2D eigenvalue weighted by atomic mass is 10.2. The summed E-state index contributed by atoms with van der Waals surface area (Å²) in [5.41, 5.74) is 0. The maximum absolute atomic E-state index is 5.62. The van der Waals surface area contributed by atoms with Gasteiger partial charge in [-0.1, -0.05) is 0 Å². The highest BCUT2D eigenvalue weighted by Crippen LogP contribution is 2.23. The summed E-state index contributed by atoms with van der Waals surface area (Å²) in [6.45, 7) is 3.85. The molecule has 4 nitrogen and oxygen atoms in total. The van der Waals surface area contributed by atoms with Crippen LogP contribution in [0.15, 0.2) is 24.3 Å². The Morgan fingerprint density at radius 2 is 1.71 bits per heavy atom. The smallest absolute Gasteiger partial charge is 0.168 e. The van der Waals surface area contributed by atoms with Crippen LogP contribution < -0.4 is 9.47 Å². The summed E-state index contributed by atoms with van der Waals surface area (Å²) < 4.78 is 21.7. The van der Waals surface area contributed by atoms with Crippen LogP contribution in [0.1, 0.15) is 13.3 Å². The van der Waals surface area contributed by atoms with Crippen LogP contribution >= 0.6 is 0 Å². The van der Waals surface area contributed by atoms with E-state index in [-0.39, 0.29) is 0 Å². The van der Waals surface area contributed by atoms with Crippen LogP contribution in [0.25, 0.3) is 0 Å². The van der Waals surface area contributed by atoms with E-state index < -0.39 is 5.79 Å². The number of hydrogen-bond donors (Lipinski definition) is 0. The molecule has 0 aromatic heterocycles. The summed E-state index contributed by atoms with van der Waals surface area (Å²) in [6.07, 6.45) is 0.721. The van der Waals surface area contributed by atoms with Crippen molar-refractivity contribution in [2.24, 2.45) is 0 Å². The van der Waals surface area contributed by atoms with E-state index in [4.69, 9.17) is 18.9 Å². The molecule has 0 aliphatic carbocycles. The van der Waals surface area contributed by atoms with Gasteiger partial charge in [0.2, 0.25) is 0 Å². The van der Waals surface area contributed by atoms with Crippen molar-refractivity contribution >= 4 is 0 Å². The van der Waals surface area contributed by atoms with E-state index in [1.54, 1.807) is 7.11 Å². The zero-order chi connectivity index (χ0) is 12.1. The molecule has 1 aliphatic rings. The Balaban J connectivity index is 1.77. The minimum atomic E-state index is -0.480. The minimum Gasteiger partial charge on any atom is -0.497 e. The first-order valence-corrected chi connectivity index (χ1v) is 5.77. The summed E-state index contributed by atoms with van der Waals surface area (Å²) in [5, 5.41) is 0. The van der Waals surface area contributed by atoms with Crippen LogP contribution in [0.5, 0.6) is 11.5 Å². The predicted octanol–water partition coefficient (Wildman–Crippen LogP) is 2.23. The minimum absolute atomic E-state index is 0.480. The van der Waals surface area contributed by atoms with Crippen molar-refractivity contribution in [2.45, 2.75) is 19.1 Å². The van der Waals surface area contributed by atoms with Gasteiger partial charge in [0.1, 0.15) is 11.5 Å². The van der Waals surface area contributed by atoms with Gasteiger partial charge < -0.3 is 18.9 Å². The topological polar surface area (TPSA) is 36.9 Å². The van der Waals surface area contributed by atoms with Gasteiger partial charge in [0, 0.05) is 6.42 Å². The number of rotatable bonds is 5. The molecule has 2 rings (SSSR count). The molecule has 1 aromatic rings. The van der Waals surface area contributed by atoms with Crippen molar-refractivity contribution in [2.75, 3.05) is 26.9 Å². The fourth-order valence-corrected chi connectivity index (χ4v) is 1.73. The van der Waals surface area contributed by atoms with E-state index in [1.165, 1.54) is 0 Å². The Kier molecular flexibility index (Phi) is 3.86. The monoisotopic (exact) mass is 238 g/mol. The molecule has 1 saturated heterocycles. The second-order valence-electron chi connectivity index (χ2n) is 4.10. The van der Waals surface area contributed by atoms with Gasteiger partial charge in [-0.3, -0.25) is 0 Å². The Morgan fingerprint density at radius 1 is 1.12 bits per heavy atom. The standard InChI is InChI=1S/C13H18O4/c1-13(16-9-10-17-13)7-8-15-12-5-3-11(14-2)4-6-12/h3-6H,7-10H2,1-2H3. The third kappa shape index (κ3) is 3.35. The van der Waals surface area contributed by atoms with Gasteiger partial charge in [-0.15, -0.1) is 0 Å². The molecular formula is C13H18O4. The van der Waals surface area contributed by atoms with Crippen molar-refractivity contribution in [3.8, 4) is 11.5 Å². The number of ether oxygens (including phenoxy) is 4. The predicted molar refractivity (Wildman–Crippen MR) is 63.4 cm³/mol. The lowest BCUT2D eigenvalue weighted by Gasteiger charge is -2.22. The molecule has 0 bridgehead atoms. The molecule has 0 radical (unpaired) electrons. The van der Waals surface area contributed by atoms with Crippen molar-refractivity contribution in [3.05, 3.63) is 24.3 Å². The normalized spacial score (nSPS) is 18.0. The number of methoxy groups -OCH3 is 1. The molecule has 1 aromatic carbocycles. The lowest BCUT2D eigenvalue weighted by Crippen LogP contribution is -2.27. The highest BCUT2D eigenvalue weighted by atomic mass is 16.7. The molecule has 1 fully saturated rings. The Labute approximate surface area is 101 Å². The fourth-order valence-electron chi connectivity index (χ4n) is 1.73. The molecule has 0 amide bonds. The highest BCUT2D eigenvalue weighted by molar-refractivity contribution is 5.31. The summed E-state index contributed by atoms with van der Waals surface area (Å²) in [7, 11) is 1.64. The third-order valence-electron chi connectivity index (χ3n) is 2.78.